The van der Waals surface area contributed by atoms with Crippen LogP contribution >= 0.6 is 23.2 Å². The lowest BCUT2D eigenvalue weighted by molar-refractivity contribution is 0.102. The van der Waals surface area contributed by atoms with E-state index in [1.807, 2.05) is 0 Å². The minimum Gasteiger partial charge on any atom is -0.496 e. The smallest absolute Gasteiger partial charge is 0.360 e. The zero-order valence-corrected chi connectivity index (χ0v) is 13.9. The van der Waals surface area contributed by atoms with Crippen LogP contribution in [0.3, 0.4) is 0 Å². The van der Waals surface area contributed by atoms with Crippen LogP contribution in [0.25, 0.3) is 11.0 Å². The quantitative estimate of drug-likeness (QED) is 0.701. The number of hydrogen-bond donors (Lipinski definition) is 1. The Labute approximate surface area is 146 Å². The van der Waals surface area contributed by atoms with Crippen molar-refractivity contribution >= 4 is 45.8 Å². The second-order valence-corrected chi connectivity index (χ2v) is 5.80. The van der Waals surface area contributed by atoms with Crippen LogP contribution in [-0.2, 0) is 0 Å². The van der Waals surface area contributed by atoms with E-state index in [1.54, 1.807) is 30.3 Å². The van der Waals surface area contributed by atoms with Gasteiger partial charge >= 0.3 is 5.63 Å². The number of carbonyl (C=O) groups is 1. The Morgan fingerprint density at radius 1 is 1.08 bits per heavy atom. The summed E-state index contributed by atoms with van der Waals surface area (Å²) in [6.07, 6.45) is 0. The number of fused-ring (bicyclic) bond motifs is 1. The van der Waals surface area contributed by atoms with Crippen LogP contribution < -0.4 is 15.7 Å². The third kappa shape index (κ3) is 3.22. The van der Waals surface area contributed by atoms with E-state index in [0.29, 0.717) is 26.8 Å². The van der Waals surface area contributed by atoms with Crippen LogP contribution in [0.15, 0.2) is 51.7 Å². The highest BCUT2D eigenvalue weighted by Crippen LogP contribution is 2.24. The number of nitrogens with one attached hydrogen (secondary N) is 1. The lowest BCUT2D eigenvalue weighted by Crippen LogP contribution is -2.18. The third-order valence-electron chi connectivity index (χ3n) is 3.35. The predicted molar refractivity (Wildman–Crippen MR) is 93.5 cm³/mol. The molecule has 0 unspecified atom stereocenters. The molecule has 0 saturated heterocycles. The molecule has 0 aliphatic rings. The fourth-order valence-corrected chi connectivity index (χ4v) is 2.58. The van der Waals surface area contributed by atoms with Crippen LogP contribution in [-0.4, -0.2) is 13.0 Å². The average molecular weight is 364 g/mol. The van der Waals surface area contributed by atoms with Crippen molar-refractivity contribution in [3.63, 3.8) is 0 Å². The van der Waals surface area contributed by atoms with Crippen molar-refractivity contribution in [1.29, 1.82) is 0 Å². The summed E-state index contributed by atoms with van der Waals surface area (Å²) >= 11 is 11.8. The van der Waals surface area contributed by atoms with E-state index < -0.39 is 11.5 Å². The minimum atomic E-state index is -0.667. The highest BCUT2D eigenvalue weighted by molar-refractivity contribution is 6.31. The van der Waals surface area contributed by atoms with E-state index in [1.165, 1.54) is 19.2 Å². The first-order chi connectivity index (χ1) is 11.5. The fraction of sp³-hybridized carbons (Fsp3) is 0.0588. The first-order valence-corrected chi connectivity index (χ1v) is 7.62. The van der Waals surface area contributed by atoms with Gasteiger partial charge in [0, 0.05) is 15.4 Å². The molecule has 1 heterocycles. The van der Waals surface area contributed by atoms with E-state index in [-0.39, 0.29) is 11.3 Å². The lowest BCUT2D eigenvalue weighted by atomic mass is 10.1. The number of halogens is 2. The van der Waals surface area contributed by atoms with Gasteiger partial charge in [-0.1, -0.05) is 23.2 Å². The standard InChI is InChI=1S/C17H11Cl2NO4/c1-23-15-5-3-11(19)8-12(15)16(21)20-13-7-9-6-10(18)2-4-14(9)24-17(13)22/h2-8H,1H3,(H,20,21). The molecule has 1 N–H and O–H groups in total. The van der Waals surface area contributed by atoms with Gasteiger partial charge in [-0.05, 0) is 42.5 Å². The largest absolute Gasteiger partial charge is 0.496 e. The predicted octanol–water partition coefficient (Wildman–Crippen LogP) is 4.36. The number of methoxy groups -OCH3 is 1. The molecule has 0 saturated carbocycles. The second-order valence-electron chi connectivity index (χ2n) is 4.93. The van der Waals surface area contributed by atoms with Gasteiger partial charge in [0.15, 0.2) is 0 Å². The molecule has 0 spiro atoms. The molecular weight excluding hydrogens is 353 g/mol. The molecule has 1 amide bonds. The van der Waals surface area contributed by atoms with Crippen molar-refractivity contribution in [2.75, 3.05) is 12.4 Å². The SMILES string of the molecule is COc1ccc(Cl)cc1C(=O)Nc1cc2cc(Cl)ccc2oc1=O. The number of rotatable bonds is 3. The summed E-state index contributed by atoms with van der Waals surface area (Å²) in [5.41, 5.74) is -0.0886. The van der Waals surface area contributed by atoms with Gasteiger partial charge in [0.25, 0.3) is 5.91 Å². The zero-order chi connectivity index (χ0) is 17.3. The highest BCUT2D eigenvalue weighted by atomic mass is 35.5. The lowest BCUT2D eigenvalue weighted by Gasteiger charge is -2.09. The molecule has 122 valence electrons. The summed E-state index contributed by atoms with van der Waals surface area (Å²) in [5, 5.41) is 3.97. The maximum absolute atomic E-state index is 12.4. The molecule has 0 atom stereocenters. The van der Waals surface area contributed by atoms with Gasteiger partial charge in [-0.15, -0.1) is 0 Å². The summed E-state index contributed by atoms with van der Waals surface area (Å²) in [5.74, 6) is -0.201. The highest BCUT2D eigenvalue weighted by Gasteiger charge is 2.16. The minimum absolute atomic E-state index is 0.00297. The summed E-state index contributed by atoms with van der Waals surface area (Å²) in [4.78, 5) is 24.5. The molecule has 0 fully saturated rings. The van der Waals surface area contributed by atoms with Crippen molar-refractivity contribution in [2.24, 2.45) is 0 Å². The van der Waals surface area contributed by atoms with Gasteiger partial charge in [0.1, 0.15) is 17.0 Å². The van der Waals surface area contributed by atoms with Crippen molar-refractivity contribution < 1.29 is 13.9 Å². The molecule has 3 rings (SSSR count). The van der Waals surface area contributed by atoms with Crippen LogP contribution in [0.4, 0.5) is 5.69 Å². The summed E-state index contributed by atoms with van der Waals surface area (Å²) in [7, 11) is 1.44. The van der Waals surface area contributed by atoms with E-state index >= 15 is 0 Å². The molecule has 24 heavy (non-hydrogen) atoms. The molecule has 7 heteroatoms. The first kappa shape index (κ1) is 16.4. The molecule has 0 radical (unpaired) electrons. The van der Waals surface area contributed by atoms with Gasteiger partial charge in [-0.3, -0.25) is 4.79 Å². The van der Waals surface area contributed by atoms with Gasteiger partial charge in [-0.25, -0.2) is 4.79 Å². The second kappa shape index (κ2) is 6.55. The maximum Gasteiger partial charge on any atom is 0.360 e. The summed E-state index contributed by atoms with van der Waals surface area (Å²) in [6.45, 7) is 0. The average Bonchev–Trinajstić information content (AvgIpc) is 2.55. The fourth-order valence-electron chi connectivity index (χ4n) is 2.23. The van der Waals surface area contributed by atoms with Gasteiger partial charge < -0.3 is 14.5 Å². The number of anilines is 1. The van der Waals surface area contributed by atoms with Crippen LogP contribution in [0.1, 0.15) is 10.4 Å². The number of ether oxygens (including phenoxy) is 1. The van der Waals surface area contributed by atoms with Crippen LogP contribution in [0.2, 0.25) is 10.0 Å². The van der Waals surface area contributed by atoms with E-state index in [2.05, 4.69) is 5.32 Å². The molecular formula is C17H11Cl2NO4. The van der Waals surface area contributed by atoms with Crippen molar-refractivity contribution in [1.82, 2.24) is 0 Å². The number of hydrogen-bond acceptors (Lipinski definition) is 4. The Balaban J connectivity index is 2.00. The zero-order valence-electron chi connectivity index (χ0n) is 12.4. The third-order valence-corrected chi connectivity index (χ3v) is 3.82. The molecule has 0 aliphatic carbocycles. The van der Waals surface area contributed by atoms with E-state index in [4.69, 9.17) is 32.4 Å². The van der Waals surface area contributed by atoms with Crippen LogP contribution in [0.5, 0.6) is 5.75 Å². The number of amides is 1. The molecule has 5 nitrogen and oxygen atoms in total. The van der Waals surface area contributed by atoms with Gasteiger partial charge in [0.2, 0.25) is 0 Å². The Hall–Kier alpha value is -2.50. The van der Waals surface area contributed by atoms with Gasteiger partial charge in [-0.2, -0.15) is 0 Å². The Morgan fingerprint density at radius 2 is 1.79 bits per heavy atom. The molecule has 1 aromatic heterocycles. The first-order valence-electron chi connectivity index (χ1n) is 6.86. The van der Waals surface area contributed by atoms with E-state index in [0.717, 1.165) is 0 Å². The van der Waals surface area contributed by atoms with E-state index in [9.17, 15) is 9.59 Å². The topological polar surface area (TPSA) is 68.5 Å². The Kier molecular flexibility index (Phi) is 4.46. The molecule has 2 aromatic carbocycles. The van der Waals surface area contributed by atoms with Crippen LogP contribution in [0, 0.1) is 0 Å². The van der Waals surface area contributed by atoms with Gasteiger partial charge in [0.05, 0.1) is 12.7 Å². The van der Waals surface area contributed by atoms with Crippen molar-refractivity contribution in [3.8, 4) is 5.75 Å². The molecule has 0 aliphatic heterocycles. The monoisotopic (exact) mass is 363 g/mol. The normalized spacial score (nSPS) is 10.6. The van der Waals surface area contributed by atoms with Crippen molar-refractivity contribution in [2.45, 2.75) is 0 Å². The number of carbonyl (C=O) groups excluding carboxylic acids is 1. The molecule has 3 aromatic rings. The Morgan fingerprint density at radius 3 is 2.54 bits per heavy atom. The molecule has 0 bridgehead atoms. The van der Waals surface area contributed by atoms with Crippen molar-refractivity contribution in [3.05, 3.63) is 68.5 Å². The number of benzene rings is 2. The summed E-state index contributed by atoms with van der Waals surface area (Å²) in [6, 6.07) is 11.0. The summed E-state index contributed by atoms with van der Waals surface area (Å²) < 4.78 is 10.3. The maximum atomic E-state index is 12.4. The Bertz CT molecular complexity index is 998.